The van der Waals surface area contributed by atoms with Crippen molar-refractivity contribution in [2.24, 2.45) is 0 Å². The fourth-order valence-corrected chi connectivity index (χ4v) is 16.6. The third-order valence-corrected chi connectivity index (χ3v) is 21.0. The molecule has 288 valence electrons. The van der Waals surface area contributed by atoms with E-state index in [1.807, 2.05) is 0 Å². The van der Waals surface area contributed by atoms with E-state index in [9.17, 15) is 0 Å². The average Bonchev–Trinajstić information content (AvgIpc) is 4.12. The van der Waals surface area contributed by atoms with Crippen molar-refractivity contribution >= 4 is 88.4 Å². The SMILES string of the molecule is ClP(Cc1nc(-c2ccc(-c3ccc4ccccc4c3)s2)c2nonc2c1-c1ccc(-c2ccc3ccccc3c2)s1)(c1ccccc1)(c1ccccc1)c1ccccc1. The Morgan fingerprint density at radius 2 is 0.867 bits per heavy atom. The summed E-state index contributed by atoms with van der Waals surface area (Å²) in [6.07, 6.45) is 0.419. The average molecular weight is 848 g/mol. The molecule has 8 heteroatoms. The molecular weight excluding hydrogens is 813 g/mol. The summed E-state index contributed by atoms with van der Waals surface area (Å²) in [6, 6.07) is 70.7. The first-order valence-corrected chi connectivity index (χ1v) is 24.7. The second-order valence-corrected chi connectivity index (χ2v) is 23.7. The van der Waals surface area contributed by atoms with Crippen molar-refractivity contribution in [1.29, 1.82) is 0 Å². The zero-order valence-corrected chi connectivity index (χ0v) is 35.4. The molecule has 0 aliphatic carbocycles. The standard InChI is InChI=1S/C52H35ClN3OPS2/c53-58(41-18-4-1-5-19-41,42-20-6-2-7-21-42,43-22-8-3-9-23-43)34-44-49(47-30-28-45(59-47)39-26-24-35-14-10-12-16-37(35)32-39)51-52(56-57-55-51)50(54-44)48-31-29-46(60-48)40-27-25-36-15-11-13-17-38(36)33-40/h1-33H,34H2. The third-order valence-electron chi connectivity index (χ3n) is 11.6. The van der Waals surface area contributed by atoms with Gasteiger partial charge < -0.3 is 0 Å². The summed E-state index contributed by atoms with van der Waals surface area (Å²) in [5.74, 6) is -3.88. The van der Waals surface area contributed by atoms with Gasteiger partial charge in [-0.15, -0.1) is 0 Å². The minimum atomic E-state index is -3.88. The van der Waals surface area contributed by atoms with Crippen LogP contribution >= 0.6 is 39.9 Å². The van der Waals surface area contributed by atoms with E-state index >= 15 is 0 Å². The number of pyridine rings is 1. The van der Waals surface area contributed by atoms with Crippen LogP contribution in [0.1, 0.15) is 5.69 Å². The number of nitrogens with zero attached hydrogens (tertiary/aromatic N) is 3. The molecule has 0 N–H and O–H groups in total. The van der Waals surface area contributed by atoms with Crippen LogP contribution < -0.4 is 15.9 Å². The van der Waals surface area contributed by atoms with Gasteiger partial charge in [-0.05, 0) is 0 Å². The van der Waals surface area contributed by atoms with Gasteiger partial charge in [-0.3, -0.25) is 0 Å². The maximum absolute atomic E-state index is 8.82. The number of hydrogen-bond acceptors (Lipinski definition) is 6. The normalized spacial score (nSPS) is 12.5. The molecule has 0 spiro atoms. The van der Waals surface area contributed by atoms with Crippen LogP contribution in [0.15, 0.2) is 205 Å². The molecule has 0 amide bonds. The van der Waals surface area contributed by atoms with Gasteiger partial charge in [0.15, 0.2) is 0 Å². The molecule has 0 aliphatic rings. The molecule has 4 nitrogen and oxygen atoms in total. The second-order valence-electron chi connectivity index (χ2n) is 15.0. The molecule has 60 heavy (non-hydrogen) atoms. The summed E-state index contributed by atoms with van der Waals surface area (Å²) >= 11 is 12.2. The monoisotopic (exact) mass is 847 g/mol. The predicted octanol–water partition coefficient (Wildman–Crippen LogP) is 13.9. The molecule has 4 aromatic heterocycles. The van der Waals surface area contributed by atoms with Crippen LogP contribution in [-0.2, 0) is 6.16 Å². The number of halogens is 1. The van der Waals surface area contributed by atoms with E-state index in [-0.39, 0.29) is 0 Å². The predicted molar refractivity (Wildman–Crippen MR) is 257 cm³/mol. The Hall–Kier alpha value is -6.27. The Morgan fingerprint density at radius 1 is 0.433 bits per heavy atom. The van der Waals surface area contributed by atoms with Gasteiger partial charge in [-0.1, -0.05) is 6.07 Å². The van der Waals surface area contributed by atoms with Gasteiger partial charge in [-0.2, -0.15) is 0 Å². The Bertz CT molecular complexity index is 3250. The van der Waals surface area contributed by atoms with Crippen LogP contribution in [0.2, 0.25) is 0 Å². The molecule has 7 aromatic carbocycles. The number of thiophene rings is 2. The number of aromatic nitrogens is 3. The molecule has 11 aromatic rings. The van der Waals surface area contributed by atoms with E-state index in [4.69, 9.17) is 26.0 Å². The van der Waals surface area contributed by atoms with Crippen molar-refractivity contribution in [3.8, 4) is 41.9 Å². The Kier molecular flexibility index (Phi) is 9.06. The Morgan fingerprint density at radius 3 is 1.40 bits per heavy atom. The van der Waals surface area contributed by atoms with E-state index in [0.29, 0.717) is 17.2 Å². The molecule has 0 fully saturated rings. The van der Waals surface area contributed by atoms with Gasteiger partial charge in [-0.25, -0.2) is 0 Å². The summed E-state index contributed by atoms with van der Waals surface area (Å²) in [6.45, 7) is 0. The van der Waals surface area contributed by atoms with Crippen LogP contribution in [0.3, 0.4) is 0 Å². The molecule has 0 radical (unpaired) electrons. The van der Waals surface area contributed by atoms with E-state index in [2.05, 4.69) is 205 Å². The number of fused-ring (bicyclic) bond motifs is 3. The summed E-state index contributed by atoms with van der Waals surface area (Å²) in [7, 11) is 0. The van der Waals surface area contributed by atoms with Crippen molar-refractivity contribution in [2.75, 3.05) is 0 Å². The fraction of sp³-hybridized carbons (Fsp3) is 0.0192. The van der Waals surface area contributed by atoms with Gasteiger partial charge in [0.2, 0.25) is 0 Å². The van der Waals surface area contributed by atoms with Gasteiger partial charge in [0.25, 0.3) is 0 Å². The topological polar surface area (TPSA) is 51.8 Å². The van der Waals surface area contributed by atoms with Gasteiger partial charge in [0, 0.05) is 0 Å². The third kappa shape index (κ3) is 6.10. The van der Waals surface area contributed by atoms with Gasteiger partial charge in [0.1, 0.15) is 0 Å². The molecule has 11 rings (SSSR count). The summed E-state index contributed by atoms with van der Waals surface area (Å²) in [4.78, 5) is 9.99. The summed E-state index contributed by atoms with van der Waals surface area (Å²) < 4.78 is 5.68. The fourth-order valence-electron chi connectivity index (χ4n) is 8.59. The van der Waals surface area contributed by atoms with Gasteiger partial charge >= 0.3 is 356 Å². The minimum absolute atomic E-state index is 0.419. The molecule has 4 heterocycles. The van der Waals surface area contributed by atoms with Crippen molar-refractivity contribution in [3.63, 3.8) is 0 Å². The van der Waals surface area contributed by atoms with Crippen molar-refractivity contribution in [1.82, 2.24) is 15.3 Å². The van der Waals surface area contributed by atoms with Crippen LogP contribution in [0.5, 0.6) is 0 Å². The molecule has 0 atom stereocenters. The molecule has 0 saturated carbocycles. The first kappa shape index (κ1) is 36.8. The number of benzene rings is 7. The Balaban J connectivity index is 1.16. The first-order valence-electron chi connectivity index (χ1n) is 19.8. The Labute approximate surface area is 360 Å². The quantitative estimate of drug-likeness (QED) is 0.136. The van der Waals surface area contributed by atoms with Crippen LogP contribution in [-0.4, -0.2) is 15.3 Å². The number of rotatable bonds is 9. The zero-order chi connectivity index (χ0) is 40.1. The molecule has 0 unspecified atom stereocenters. The van der Waals surface area contributed by atoms with Crippen LogP contribution in [0.4, 0.5) is 0 Å². The summed E-state index contributed by atoms with van der Waals surface area (Å²) in [5, 5.41) is 17.3. The second kappa shape index (κ2) is 14.8. The number of hydrogen-bond donors (Lipinski definition) is 0. The molecule has 0 saturated heterocycles. The van der Waals surface area contributed by atoms with E-state index in [0.717, 1.165) is 63.5 Å². The van der Waals surface area contributed by atoms with Gasteiger partial charge in [0.05, 0.1) is 0 Å². The van der Waals surface area contributed by atoms with Crippen molar-refractivity contribution in [2.45, 2.75) is 6.16 Å². The van der Waals surface area contributed by atoms with Crippen molar-refractivity contribution < 1.29 is 4.63 Å². The molecular formula is C52H35ClN3OPS2. The first-order chi connectivity index (χ1) is 29.5. The van der Waals surface area contributed by atoms with Crippen LogP contribution in [0.25, 0.3) is 74.5 Å². The van der Waals surface area contributed by atoms with Crippen molar-refractivity contribution in [3.05, 3.63) is 206 Å². The van der Waals surface area contributed by atoms with E-state index in [1.54, 1.807) is 22.7 Å². The zero-order valence-electron chi connectivity index (χ0n) is 32.2. The van der Waals surface area contributed by atoms with Crippen LogP contribution in [0, 0.1) is 0 Å². The van der Waals surface area contributed by atoms with E-state index < -0.39 is 5.96 Å². The molecule has 0 aliphatic heterocycles. The maximum atomic E-state index is 8.82. The van der Waals surface area contributed by atoms with E-state index in [1.165, 1.54) is 21.5 Å². The molecule has 0 bridgehead atoms. The summed E-state index contributed by atoms with van der Waals surface area (Å²) in [5.41, 5.74) is 6.04.